The summed E-state index contributed by atoms with van der Waals surface area (Å²) >= 11 is 0. The number of hydrogen-bond donors (Lipinski definition) is 1. The number of carbonyl (C=O) groups excluding carboxylic acids is 2. The van der Waals surface area contributed by atoms with Gasteiger partial charge in [-0.3, -0.25) is 14.4 Å². The van der Waals surface area contributed by atoms with Crippen molar-refractivity contribution in [2.24, 2.45) is 0 Å². The van der Waals surface area contributed by atoms with Gasteiger partial charge in [-0.05, 0) is 25.7 Å². The molecule has 2 rings (SSSR count). The Morgan fingerprint density at radius 3 is 2.05 bits per heavy atom. The zero-order valence-corrected chi connectivity index (χ0v) is 11.9. The summed E-state index contributed by atoms with van der Waals surface area (Å²) in [6, 6.07) is 0.463. The van der Waals surface area contributed by atoms with Gasteiger partial charge in [0.1, 0.15) is 0 Å². The average Bonchev–Trinajstić information content (AvgIpc) is 3.22. The molecule has 20 heavy (non-hydrogen) atoms. The van der Waals surface area contributed by atoms with Gasteiger partial charge >= 0.3 is 5.97 Å². The number of piperidine rings is 1. The van der Waals surface area contributed by atoms with Crippen LogP contribution < -0.4 is 0 Å². The standard InChI is InChI=1S/C14H22N2O4/c1-10(17)15-8-6-12(7-9-15)16(11-2-3-11)13(18)4-5-14(19)20/h11-12H,2-9H2,1H3,(H,19,20). The van der Waals surface area contributed by atoms with E-state index in [0.29, 0.717) is 19.1 Å². The molecule has 0 radical (unpaired) electrons. The van der Waals surface area contributed by atoms with Gasteiger partial charge in [0.15, 0.2) is 0 Å². The molecule has 0 unspecified atom stereocenters. The van der Waals surface area contributed by atoms with E-state index in [9.17, 15) is 14.4 Å². The van der Waals surface area contributed by atoms with Crippen molar-refractivity contribution >= 4 is 17.8 Å². The number of aliphatic carboxylic acids is 1. The minimum atomic E-state index is -0.930. The van der Waals surface area contributed by atoms with E-state index in [-0.39, 0.29) is 30.7 Å². The van der Waals surface area contributed by atoms with E-state index in [2.05, 4.69) is 0 Å². The van der Waals surface area contributed by atoms with Crippen molar-refractivity contribution in [2.45, 2.75) is 57.5 Å². The van der Waals surface area contributed by atoms with Crippen LogP contribution in [-0.4, -0.2) is 57.9 Å². The van der Waals surface area contributed by atoms with Crippen LogP contribution in [-0.2, 0) is 14.4 Å². The number of nitrogens with zero attached hydrogens (tertiary/aromatic N) is 2. The third-order valence-electron chi connectivity index (χ3n) is 4.08. The summed E-state index contributed by atoms with van der Waals surface area (Å²) in [5, 5.41) is 8.69. The summed E-state index contributed by atoms with van der Waals surface area (Å²) in [5.41, 5.74) is 0. The Morgan fingerprint density at radius 1 is 1.05 bits per heavy atom. The van der Waals surface area contributed by atoms with Gasteiger partial charge in [-0.2, -0.15) is 0 Å². The Morgan fingerprint density at radius 2 is 1.60 bits per heavy atom. The Labute approximate surface area is 118 Å². The van der Waals surface area contributed by atoms with Crippen molar-refractivity contribution in [3.8, 4) is 0 Å². The quantitative estimate of drug-likeness (QED) is 0.811. The summed E-state index contributed by atoms with van der Waals surface area (Å²) in [6.45, 7) is 2.95. The van der Waals surface area contributed by atoms with E-state index in [1.165, 1.54) is 0 Å². The number of carboxylic acids is 1. The fourth-order valence-corrected chi connectivity index (χ4v) is 2.86. The van der Waals surface area contributed by atoms with E-state index < -0.39 is 5.97 Å². The molecule has 0 spiro atoms. The van der Waals surface area contributed by atoms with E-state index in [1.807, 2.05) is 9.80 Å². The van der Waals surface area contributed by atoms with Crippen LogP contribution in [0.1, 0.15) is 45.4 Å². The molecule has 0 atom stereocenters. The molecule has 6 heteroatoms. The third-order valence-corrected chi connectivity index (χ3v) is 4.08. The van der Waals surface area contributed by atoms with Gasteiger partial charge in [-0.1, -0.05) is 0 Å². The molecule has 0 aromatic heterocycles. The summed E-state index contributed by atoms with van der Waals surface area (Å²) in [5.74, 6) is -0.893. The van der Waals surface area contributed by atoms with Crippen molar-refractivity contribution in [2.75, 3.05) is 13.1 Å². The first-order chi connectivity index (χ1) is 9.49. The molecule has 6 nitrogen and oxygen atoms in total. The first-order valence-electron chi connectivity index (χ1n) is 7.27. The van der Waals surface area contributed by atoms with Gasteiger partial charge < -0.3 is 14.9 Å². The molecule has 1 saturated carbocycles. The highest BCUT2D eigenvalue weighted by Crippen LogP contribution is 2.32. The van der Waals surface area contributed by atoms with Crippen LogP contribution in [0.25, 0.3) is 0 Å². The molecule has 1 N–H and O–H groups in total. The predicted octanol–water partition coefficient (Wildman–Crippen LogP) is 0.853. The lowest BCUT2D eigenvalue weighted by molar-refractivity contribution is -0.143. The molecule has 112 valence electrons. The number of amides is 2. The third kappa shape index (κ3) is 3.71. The highest BCUT2D eigenvalue weighted by atomic mass is 16.4. The molecule has 1 heterocycles. The van der Waals surface area contributed by atoms with Gasteiger partial charge in [-0.25, -0.2) is 0 Å². The number of rotatable bonds is 5. The second-order valence-corrected chi connectivity index (χ2v) is 5.66. The highest BCUT2D eigenvalue weighted by molar-refractivity contribution is 5.81. The van der Waals surface area contributed by atoms with Gasteiger partial charge in [0, 0.05) is 38.5 Å². The average molecular weight is 282 g/mol. The molecule has 1 aliphatic carbocycles. The van der Waals surface area contributed by atoms with Crippen LogP contribution in [0.2, 0.25) is 0 Å². The van der Waals surface area contributed by atoms with E-state index in [1.54, 1.807) is 6.92 Å². The van der Waals surface area contributed by atoms with Gasteiger partial charge in [-0.15, -0.1) is 0 Å². The second-order valence-electron chi connectivity index (χ2n) is 5.66. The molecule has 2 aliphatic rings. The van der Waals surface area contributed by atoms with Crippen LogP contribution >= 0.6 is 0 Å². The van der Waals surface area contributed by atoms with Crippen LogP contribution in [0.15, 0.2) is 0 Å². The van der Waals surface area contributed by atoms with Crippen LogP contribution in [0.5, 0.6) is 0 Å². The Balaban J connectivity index is 1.91. The molecule has 1 aliphatic heterocycles. The van der Waals surface area contributed by atoms with Crippen molar-refractivity contribution in [3.63, 3.8) is 0 Å². The molecule has 0 aromatic carbocycles. The fourth-order valence-electron chi connectivity index (χ4n) is 2.86. The molecule has 0 aromatic rings. The molecule has 2 amide bonds. The highest BCUT2D eigenvalue weighted by Gasteiger charge is 2.38. The molecule has 1 saturated heterocycles. The van der Waals surface area contributed by atoms with Crippen molar-refractivity contribution in [1.29, 1.82) is 0 Å². The normalized spacial score (nSPS) is 19.8. The maximum atomic E-state index is 12.2. The Hall–Kier alpha value is -1.59. The second kappa shape index (κ2) is 6.24. The van der Waals surface area contributed by atoms with Crippen molar-refractivity contribution < 1.29 is 19.5 Å². The smallest absolute Gasteiger partial charge is 0.303 e. The van der Waals surface area contributed by atoms with Gasteiger partial charge in [0.2, 0.25) is 11.8 Å². The monoisotopic (exact) mass is 282 g/mol. The molecule has 0 bridgehead atoms. The SMILES string of the molecule is CC(=O)N1CCC(N(C(=O)CCC(=O)O)C2CC2)CC1. The number of carbonyl (C=O) groups is 3. The van der Waals surface area contributed by atoms with Crippen molar-refractivity contribution in [3.05, 3.63) is 0 Å². The van der Waals surface area contributed by atoms with E-state index >= 15 is 0 Å². The fraction of sp³-hybridized carbons (Fsp3) is 0.786. The first kappa shape index (κ1) is 14.8. The molecular weight excluding hydrogens is 260 g/mol. The van der Waals surface area contributed by atoms with Crippen LogP contribution in [0.3, 0.4) is 0 Å². The minimum Gasteiger partial charge on any atom is -0.481 e. The lowest BCUT2D eigenvalue weighted by Gasteiger charge is -2.38. The Bertz CT molecular complexity index is 398. The largest absolute Gasteiger partial charge is 0.481 e. The molecule has 2 fully saturated rings. The maximum absolute atomic E-state index is 12.2. The number of hydrogen-bond acceptors (Lipinski definition) is 3. The zero-order chi connectivity index (χ0) is 14.7. The van der Waals surface area contributed by atoms with Crippen molar-refractivity contribution in [1.82, 2.24) is 9.80 Å². The summed E-state index contributed by atoms with van der Waals surface area (Å²) in [6.07, 6.45) is 3.62. The maximum Gasteiger partial charge on any atom is 0.303 e. The topological polar surface area (TPSA) is 77.9 Å². The van der Waals surface area contributed by atoms with E-state index in [0.717, 1.165) is 25.7 Å². The summed E-state index contributed by atoms with van der Waals surface area (Å²) in [4.78, 5) is 37.8. The minimum absolute atomic E-state index is 0.0452. The number of carboxylic acid groups (broad SMARTS) is 1. The predicted molar refractivity (Wildman–Crippen MR) is 72.0 cm³/mol. The summed E-state index contributed by atoms with van der Waals surface area (Å²) < 4.78 is 0. The van der Waals surface area contributed by atoms with E-state index in [4.69, 9.17) is 5.11 Å². The summed E-state index contributed by atoms with van der Waals surface area (Å²) in [7, 11) is 0. The van der Waals surface area contributed by atoms with Crippen LogP contribution in [0.4, 0.5) is 0 Å². The first-order valence-corrected chi connectivity index (χ1v) is 7.27. The van der Waals surface area contributed by atoms with Crippen LogP contribution in [0, 0.1) is 0 Å². The Kier molecular flexibility index (Phi) is 4.62. The lowest BCUT2D eigenvalue weighted by atomic mass is 10.0. The van der Waals surface area contributed by atoms with Gasteiger partial charge in [0.05, 0.1) is 6.42 Å². The van der Waals surface area contributed by atoms with Gasteiger partial charge in [0.25, 0.3) is 0 Å². The number of likely N-dealkylation sites (tertiary alicyclic amines) is 1. The zero-order valence-electron chi connectivity index (χ0n) is 11.9. The lowest BCUT2D eigenvalue weighted by Crippen LogP contribution is -2.49. The molecular formula is C14H22N2O4.